The molecule has 9 heteroatoms. The molecule has 5 rings (SSSR count). The molecule has 2 N–H and O–H groups in total. The predicted molar refractivity (Wildman–Crippen MR) is 130 cm³/mol. The van der Waals surface area contributed by atoms with Crippen LogP contribution >= 0.6 is 15.9 Å². The monoisotopic (exact) mass is 504 g/mol. The van der Waals surface area contributed by atoms with Gasteiger partial charge < -0.3 is 15.4 Å². The van der Waals surface area contributed by atoms with Crippen molar-refractivity contribution >= 4 is 38.7 Å². The second-order valence-electron chi connectivity index (χ2n) is 7.79. The smallest absolute Gasteiger partial charge is 0.260 e. The van der Waals surface area contributed by atoms with E-state index in [1.165, 1.54) is 6.33 Å². The van der Waals surface area contributed by atoms with Gasteiger partial charge in [-0.1, -0.05) is 24.8 Å². The largest absolute Gasteiger partial charge is 0.457 e. The minimum atomic E-state index is -0.114. The van der Waals surface area contributed by atoms with E-state index in [1.807, 2.05) is 59.3 Å². The van der Waals surface area contributed by atoms with E-state index in [9.17, 15) is 4.79 Å². The molecule has 166 valence electrons. The fourth-order valence-corrected chi connectivity index (χ4v) is 4.31. The van der Waals surface area contributed by atoms with Crippen LogP contribution in [0.3, 0.4) is 0 Å². The van der Waals surface area contributed by atoms with Gasteiger partial charge in [0.25, 0.3) is 5.91 Å². The molecule has 1 amide bonds. The number of ether oxygens (including phenoxy) is 1. The van der Waals surface area contributed by atoms with Gasteiger partial charge >= 0.3 is 0 Å². The third kappa shape index (κ3) is 4.07. The maximum atomic E-state index is 12.3. The van der Waals surface area contributed by atoms with E-state index in [4.69, 9.17) is 15.6 Å². The first-order valence-corrected chi connectivity index (χ1v) is 11.3. The van der Waals surface area contributed by atoms with Crippen molar-refractivity contribution in [1.82, 2.24) is 24.6 Å². The molecule has 33 heavy (non-hydrogen) atoms. The number of carbonyl (C=O) groups is 1. The standard InChI is InChI=1S/C24H21BrN6O2/c1-15(25)24(32)30-12-11-17(13-30)31-23-20(22(26)27-14-28-23)21(29-31)16-7-9-19(10-8-16)33-18-5-3-2-4-6-18/h2-10,14,17H,1,11-13H2,(H2,26,27,28)/t17-/m1/s1. The Labute approximate surface area is 198 Å². The zero-order chi connectivity index (χ0) is 22.9. The number of fused-ring (bicyclic) bond motifs is 1. The highest BCUT2D eigenvalue weighted by Crippen LogP contribution is 2.35. The number of benzene rings is 2. The van der Waals surface area contributed by atoms with Crippen molar-refractivity contribution in [3.63, 3.8) is 0 Å². The summed E-state index contributed by atoms with van der Waals surface area (Å²) in [5.74, 6) is 1.74. The van der Waals surface area contributed by atoms with Gasteiger partial charge in [-0.05, 0) is 58.7 Å². The van der Waals surface area contributed by atoms with Crippen LogP contribution in [0.15, 0.2) is 72.0 Å². The van der Waals surface area contributed by atoms with Crippen molar-refractivity contribution in [2.45, 2.75) is 12.5 Å². The molecule has 0 unspecified atom stereocenters. The molecule has 0 saturated carbocycles. The van der Waals surface area contributed by atoms with E-state index in [-0.39, 0.29) is 11.9 Å². The molecule has 1 saturated heterocycles. The summed E-state index contributed by atoms with van der Waals surface area (Å²) >= 11 is 3.18. The number of halogens is 1. The van der Waals surface area contributed by atoms with E-state index in [0.29, 0.717) is 40.1 Å². The molecule has 0 radical (unpaired) electrons. The van der Waals surface area contributed by atoms with E-state index >= 15 is 0 Å². The van der Waals surface area contributed by atoms with Gasteiger partial charge in [0.05, 0.1) is 15.9 Å². The maximum Gasteiger partial charge on any atom is 0.260 e. The second kappa shape index (κ2) is 8.67. The van der Waals surface area contributed by atoms with Crippen molar-refractivity contribution in [2.75, 3.05) is 18.8 Å². The molecule has 0 bridgehead atoms. The van der Waals surface area contributed by atoms with Gasteiger partial charge in [0.15, 0.2) is 5.65 Å². The molecule has 0 spiro atoms. The molecular weight excluding hydrogens is 484 g/mol. The average molecular weight is 505 g/mol. The van der Waals surface area contributed by atoms with Crippen molar-refractivity contribution in [3.05, 3.63) is 72.0 Å². The lowest BCUT2D eigenvalue weighted by molar-refractivity contribution is -0.125. The van der Waals surface area contributed by atoms with Crippen LogP contribution in [0.25, 0.3) is 22.3 Å². The molecule has 1 aliphatic heterocycles. The number of likely N-dealkylation sites (tertiary alicyclic amines) is 1. The van der Waals surface area contributed by atoms with Crippen molar-refractivity contribution < 1.29 is 9.53 Å². The van der Waals surface area contributed by atoms with Crippen LogP contribution in [0.4, 0.5) is 5.82 Å². The predicted octanol–water partition coefficient (Wildman–Crippen LogP) is 4.55. The van der Waals surface area contributed by atoms with Crippen LogP contribution in [0, 0.1) is 0 Å². The molecule has 1 aliphatic rings. The van der Waals surface area contributed by atoms with Crippen LogP contribution in [-0.2, 0) is 4.79 Å². The third-order valence-corrected chi connectivity index (χ3v) is 5.99. The number of nitrogens with zero attached hydrogens (tertiary/aromatic N) is 5. The van der Waals surface area contributed by atoms with Gasteiger partial charge in [-0.15, -0.1) is 0 Å². The average Bonchev–Trinajstić information content (AvgIpc) is 3.46. The molecule has 3 heterocycles. The number of hydrogen-bond donors (Lipinski definition) is 1. The Morgan fingerprint density at radius 1 is 1.09 bits per heavy atom. The first-order valence-electron chi connectivity index (χ1n) is 10.5. The van der Waals surface area contributed by atoms with Gasteiger partial charge in [-0.2, -0.15) is 5.10 Å². The number of carbonyl (C=O) groups excluding carboxylic acids is 1. The van der Waals surface area contributed by atoms with E-state index < -0.39 is 0 Å². The van der Waals surface area contributed by atoms with Gasteiger partial charge in [-0.3, -0.25) is 4.79 Å². The van der Waals surface area contributed by atoms with Gasteiger partial charge in [-0.25, -0.2) is 14.6 Å². The molecule has 4 aromatic rings. The Hall–Kier alpha value is -3.72. The van der Waals surface area contributed by atoms with Crippen molar-refractivity contribution in [1.29, 1.82) is 0 Å². The summed E-state index contributed by atoms with van der Waals surface area (Å²) in [6.45, 7) is 4.83. The van der Waals surface area contributed by atoms with E-state index in [2.05, 4.69) is 32.5 Å². The lowest BCUT2D eigenvalue weighted by Gasteiger charge is -2.16. The number of anilines is 1. The number of nitrogens with two attached hydrogens (primary N) is 1. The zero-order valence-electron chi connectivity index (χ0n) is 17.7. The summed E-state index contributed by atoms with van der Waals surface area (Å²) in [5.41, 5.74) is 8.47. The Kier molecular flexibility index (Phi) is 5.55. The summed E-state index contributed by atoms with van der Waals surface area (Å²) in [6, 6.07) is 17.3. The third-order valence-electron chi connectivity index (χ3n) is 5.65. The molecule has 2 aromatic heterocycles. The maximum absolute atomic E-state index is 12.3. The first-order chi connectivity index (χ1) is 16.0. The number of hydrogen-bond acceptors (Lipinski definition) is 6. The van der Waals surface area contributed by atoms with Crippen molar-refractivity contribution in [2.24, 2.45) is 0 Å². The Bertz CT molecular complexity index is 1340. The fourth-order valence-electron chi connectivity index (χ4n) is 4.06. The highest BCUT2D eigenvalue weighted by molar-refractivity contribution is 9.12. The molecular formula is C24H21BrN6O2. The minimum absolute atomic E-state index is 0.0213. The summed E-state index contributed by atoms with van der Waals surface area (Å²) in [6.07, 6.45) is 2.20. The Balaban J connectivity index is 1.48. The molecule has 1 fully saturated rings. The topological polar surface area (TPSA) is 99.2 Å². The second-order valence-corrected chi connectivity index (χ2v) is 8.75. The highest BCUT2D eigenvalue weighted by atomic mass is 79.9. The number of aromatic nitrogens is 4. The molecule has 8 nitrogen and oxygen atoms in total. The lowest BCUT2D eigenvalue weighted by atomic mass is 10.1. The summed E-state index contributed by atoms with van der Waals surface area (Å²) in [4.78, 5) is 22.7. The van der Waals surface area contributed by atoms with Crippen LogP contribution in [0.5, 0.6) is 11.5 Å². The number of amides is 1. The van der Waals surface area contributed by atoms with Crippen LogP contribution in [-0.4, -0.2) is 43.6 Å². The quantitative estimate of drug-likeness (QED) is 0.400. The lowest BCUT2D eigenvalue weighted by Crippen LogP contribution is -2.29. The van der Waals surface area contributed by atoms with Gasteiger partial charge in [0.1, 0.15) is 29.3 Å². The molecule has 0 aliphatic carbocycles. The summed E-state index contributed by atoms with van der Waals surface area (Å²) < 4.78 is 8.11. The normalized spacial score (nSPS) is 15.7. The van der Waals surface area contributed by atoms with Crippen LogP contribution in [0.2, 0.25) is 0 Å². The van der Waals surface area contributed by atoms with Gasteiger partial charge in [0, 0.05) is 18.7 Å². The first kappa shape index (κ1) is 21.1. The minimum Gasteiger partial charge on any atom is -0.457 e. The van der Waals surface area contributed by atoms with Crippen LogP contribution in [0.1, 0.15) is 12.5 Å². The van der Waals surface area contributed by atoms with Gasteiger partial charge in [0.2, 0.25) is 0 Å². The highest BCUT2D eigenvalue weighted by Gasteiger charge is 2.31. The fraction of sp³-hybridized carbons (Fsp3) is 0.167. The summed E-state index contributed by atoms with van der Waals surface area (Å²) in [5, 5.41) is 5.57. The Morgan fingerprint density at radius 2 is 1.82 bits per heavy atom. The molecule has 2 aromatic carbocycles. The zero-order valence-corrected chi connectivity index (χ0v) is 19.3. The van der Waals surface area contributed by atoms with E-state index in [0.717, 1.165) is 23.5 Å². The summed E-state index contributed by atoms with van der Waals surface area (Å²) in [7, 11) is 0. The Morgan fingerprint density at radius 3 is 2.55 bits per heavy atom. The van der Waals surface area contributed by atoms with Crippen LogP contribution < -0.4 is 10.5 Å². The number of nitrogen functional groups attached to an aromatic ring is 1. The van der Waals surface area contributed by atoms with Crippen molar-refractivity contribution in [3.8, 4) is 22.8 Å². The van der Waals surface area contributed by atoms with E-state index in [1.54, 1.807) is 4.90 Å². The SMILES string of the molecule is C=C(Br)C(=O)N1CC[C@@H](n2nc(-c3ccc(Oc4ccccc4)cc3)c3c(N)ncnc32)C1. The number of para-hydroxylation sites is 1. The number of rotatable bonds is 5. The molecule has 1 atom stereocenters.